The Bertz CT molecular complexity index is 470. The highest BCUT2D eigenvalue weighted by molar-refractivity contribution is 6.74. The van der Waals surface area contributed by atoms with Crippen molar-refractivity contribution >= 4 is 14.1 Å². The first-order chi connectivity index (χ1) is 8.17. The average Bonchev–Trinajstić information content (AvgIpc) is 2.26. The molecule has 0 bridgehead atoms. The Balaban J connectivity index is 2.79. The summed E-state index contributed by atoms with van der Waals surface area (Å²) in [5.41, 5.74) is 1.76. The minimum atomic E-state index is -1.75. The largest absolute Gasteiger partial charge is 0.409 e. The number of pyridine rings is 1. The summed E-state index contributed by atoms with van der Waals surface area (Å²) in [6, 6.07) is 3.88. The molecule has 0 aliphatic rings. The summed E-state index contributed by atoms with van der Waals surface area (Å²) in [6.07, 6.45) is 0. The lowest BCUT2D eigenvalue weighted by Crippen LogP contribution is -2.40. The molecule has 1 aromatic heterocycles. The van der Waals surface area contributed by atoms with Gasteiger partial charge in [-0.05, 0) is 36.7 Å². The number of hydrogen-bond acceptors (Lipinski definition) is 2. The topological polar surface area (TPSA) is 26.5 Å². The fourth-order valence-corrected chi connectivity index (χ4v) is 2.16. The maximum absolute atomic E-state index is 7.07. The van der Waals surface area contributed by atoms with Crippen molar-refractivity contribution in [2.75, 3.05) is 0 Å². The van der Waals surface area contributed by atoms with Crippen molar-refractivity contribution < 1.29 is 4.43 Å². The minimum absolute atomic E-state index is 0.195. The summed E-state index contributed by atoms with van der Waals surface area (Å²) in [7, 11) is -1.75. The number of hydrogen-bond donors (Lipinski definition) is 0. The van der Waals surface area contributed by atoms with Crippen molar-refractivity contribution in [2.24, 2.45) is 0 Å². The van der Waals surface area contributed by atoms with Crippen LogP contribution in [-0.4, -0.2) is 13.3 Å². The maximum atomic E-state index is 7.07. The molecule has 0 radical (unpaired) electrons. The van der Waals surface area contributed by atoms with E-state index in [1.807, 2.05) is 19.1 Å². The van der Waals surface area contributed by atoms with Gasteiger partial charge in [0.05, 0.1) is 6.61 Å². The Morgan fingerprint density at radius 2 is 1.94 bits per heavy atom. The first-order valence-electron chi connectivity index (χ1n) is 6.15. The highest BCUT2D eigenvalue weighted by atomic mass is 28.4. The third-order valence-corrected chi connectivity index (χ3v) is 8.10. The van der Waals surface area contributed by atoms with Crippen molar-refractivity contribution in [1.82, 2.24) is 4.98 Å². The lowest BCUT2D eigenvalue weighted by molar-refractivity contribution is 0.272. The molecule has 0 aromatic carbocycles. The van der Waals surface area contributed by atoms with Crippen molar-refractivity contribution in [3.8, 4) is 0 Å². The molecule has 0 saturated heterocycles. The first kappa shape index (κ1) is 14.9. The molecule has 0 aliphatic heterocycles. The van der Waals surface area contributed by atoms with Crippen molar-refractivity contribution in [3.63, 3.8) is 0 Å². The van der Waals surface area contributed by atoms with Crippen LogP contribution in [0.5, 0.6) is 0 Å². The molecule has 1 heterocycles. The van der Waals surface area contributed by atoms with Gasteiger partial charge in [-0.2, -0.15) is 0 Å². The monoisotopic (exact) mass is 262 g/mol. The second-order valence-corrected chi connectivity index (χ2v) is 10.9. The van der Waals surface area contributed by atoms with Gasteiger partial charge in [0, 0.05) is 0 Å². The summed E-state index contributed by atoms with van der Waals surface area (Å²) in [4.78, 5) is 7.74. The summed E-state index contributed by atoms with van der Waals surface area (Å²) in [6.45, 7) is 20.5. The van der Waals surface area contributed by atoms with Crippen LogP contribution in [-0.2, 0) is 11.0 Å². The van der Waals surface area contributed by atoms with E-state index in [4.69, 9.17) is 11.0 Å². The zero-order valence-electron chi connectivity index (χ0n) is 12.2. The van der Waals surface area contributed by atoms with Crippen molar-refractivity contribution in [1.29, 1.82) is 0 Å². The predicted octanol–water partition coefficient (Wildman–Crippen LogP) is 4.46. The predicted molar refractivity (Wildman–Crippen MR) is 77.2 cm³/mol. The summed E-state index contributed by atoms with van der Waals surface area (Å²) >= 11 is 0. The second-order valence-electron chi connectivity index (χ2n) is 6.10. The van der Waals surface area contributed by atoms with E-state index in [9.17, 15) is 0 Å². The third-order valence-electron chi connectivity index (χ3n) is 3.62. The van der Waals surface area contributed by atoms with Crippen LogP contribution in [0, 0.1) is 13.5 Å². The molecular weight excluding hydrogens is 240 g/mol. The molecule has 0 aliphatic carbocycles. The summed E-state index contributed by atoms with van der Waals surface area (Å²) < 4.78 is 6.09. The Hall–Kier alpha value is -1.18. The van der Waals surface area contributed by atoms with Gasteiger partial charge in [0.25, 0.3) is 5.82 Å². The summed E-state index contributed by atoms with van der Waals surface area (Å²) in [5, 5.41) is 0.195. The van der Waals surface area contributed by atoms with Crippen LogP contribution in [0.1, 0.15) is 32.0 Å². The van der Waals surface area contributed by atoms with Gasteiger partial charge in [-0.1, -0.05) is 33.4 Å². The smallest absolute Gasteiger partial charge is 0.272 e. The van der Waals surface area contributed by atoms with Crippen LogP contribution >= 0.6 is 0 Å². The van der Waals surface area contributed by atoms with E-state index in [-0.39, 0.29) is 5.04 Å². The van der Waals surface area contributed by atoms with Gasteiger partial charge in [-0.3, -0.25) is 0 Å². The van der Waals surface area contributed by atoms with Crippen LogP contribution in [0.15, 0.2) is 12.1 Å². The molecule has 1 aromatic rings. The van der Waals surface area contributed by atoms with Crippen molar-refractivity contribution in [3.05, 3.63) is 34.8 Å². The quantitative estimate of drug-likeness (QED) is 0.594. The van der Waals surface area contributed by atoms with E-state index in [2.05, 4.69) is 43.7 Å². The fourth-order valence-electron chi connectivity index (χ4n) is 1.22. The molecular formula is C14H22N2OSi. The number of nitrogens with zero attached hydrogens (tertiary/aromatic N) is 2. The Morgan fingerprint density at radius 1 is 1.33 bits per heavy atom. The van der Waals surface area contributed by atoms with E-state index in [0.29, 0.717) is 12.4 Å². The van der Waals surface area contributed by atoms with Crippen LogP contribution in [0.2, 0.25) is 18.1 Å². The molecule has 18 heavy (non-hydrogen) atoms. The maximum Gasteiger partial charge on any atom is 0.272 e. The third kappa shape index (κ3) is 3.41. The standard InChI is InChI=1S/C14H22N2OSi/c1-11-8-9-12(16-13(11)15-5)10-17-18(6,7)14(2,3)4/h8-9H,10H2,1-4,6-7H3. The fraction of sp³-hybridized carbons (Fsp3) is 0.571. The molecule has 0 N–H and O–H groups in total. The molecule has 0 spiro atoms. The first-order valence-corrected chi connectivity index (χ1v) is 9.06. The van der Waals surface area contributed by atoms with Gasteiger partial charge in [-0.15, -0.1) is 4.98 Å². The molecule has 98 valence electrons. The zero-order valence-corrected chi connectivity index (χ0v) is 13.2. The van der Waals surface area contributed by atoms with Crippen molar-refractivity contribution in [2.45, 2.75) is 52.4 Å². The van der Waals surface area contributed by atoms with Gasteiger partial charge in [0.1, 0.15) is 0 Å². The zero-order chi connectivity index (χ0) is 14.0. The van der Waals surface area contributed by atoms with Gasteiger partial charge in [-0.25, -0.2) is 0 Å². The van der Waals surface area contributed by atoms with E-state index < -0.39 is 8.32 Å². The highest BCUT2D eigenvalue weighted by Crippen LogP contribution is 2.37. The van der Waals surface area contributed by atoms with E-state index in [1.54, 1.807) is 0 Å². The van der Waals surface area contributed by atoms with Crippen LogP contribution in [0.25, 0.3) is 4.85 Å². The van der Waals surface area contributed by atoms with Crippen LogP contribution < -0.4 is 0 Å². The second kappa shape index (κ2) is 5.21. The molecule has 4 heteroatoms. The van der Waals surface area contributed by atoms with Crippen LogP contribution in [0.4, 0.5) is 5.82 Å². The lowest BCUT2D eigenvalue weighted by Gasteiger charge is -2.35. The molecule has 0 saturated carbocycles. The van der Waals surface area contributed by atoms with Crippen LogP contribution in [0.3, 0.4) is 0 Å². The molecule has 0 amide bonds. The van der Waals surface area contributed by atoms with Gasteiger partial charge in [0.2, 0.25) is 0 Å². The Morgan fingerprint density at radius 3 is 2.44 bits per heavy atom. The molecule has 0 fully saturated rings. The van der Waals surface area contributed by atoms with Gasteiger partial charge < -0.3 is 9.27 Å². The van der Waals surface area contributed by atoms with Gasteiger partial charge >= 0.3 is 0 Å². The van der Waals surface area contributed by atoms with E-state index in [1.165, 1.54) is 0 Å². The van der Waals surface area contributed by atoms with E-state index >= 15 is 0 Å². The lowest BCUT2D eigenvalue weighted by atomic mass is 10.2. The molecule has 3 nitrogen and oxygen atoms in total. The number of rotatable bonds is 3. The van der Waals surface area contributed by atoms with E-state index in [0.717, 1.165) is 11.3 Å². The normalized spacial score (nSPS) is 12.3. The Kier molecular flexibility index (Phi) is 4.31. The number of aryl methyl sites for hydroxylation is 1. The summed E-state index contributed by atoms with van der Waals surface area (Å²) in [5.74, 6) is 0.478. The Labute approximate surface area is 111 Å². The number of aromatic nitrogens is 1. The highest BCUT2D eigenvalue weighted by Gasteiger charge is 2.37. The van der Waals surface area contributed by atoms with Gasteiger partial charge in [0.15, 0.2) is 14.0 Å². The molecule has 1 rings (SSSR count). The molecule has 0 unspecified atom stereocenters. The average molecular weight is 262 g/mol. The SMILES string of the molecule is [C-]#[N+]c1nc(CO[Si](C)(C)C(C)(C)C)ccc1C. The molecule has 0 atom stereocenters. The minimum Gasteiger partial charge on any atom is -0.409 e.